The molecule has 0 aliphatic carbocycles. The molecular formula is C10H6N4O3S. The van der Waals surface area contributed by atoms with E-state index in [9.17, 15) is 4.79 Å². The third-order valence-electron chi connectivity index (χ3n) is 2.13. The fraction of sp³-hybridized carbons (Fsp3) is 0. The smallest absolute Gasteiger partial charge is 0.279 e. The SMILES string of the molecule is O=C(Nc1cnsn1)c1ncoc1-c1ccco1. The van der Waals surface area contributed by atoms with Gasteiger partial charge in [0, 0.05) is 0 Å². The summed E-state index contributed by atoms with van der Waals surface area (Å²) >= 11 is 1.00. The van der Waals surface area contributed by atoms with E-state index in [4.69, 9.17) is 8.83 Å². The number of rotatable bonds is 3. The van der Waals surface area contributed by atoms with Crippen LogP contribution in [0.2, 0.25) is 0 Å². The van der Waals surface area contributed by atoms with Crippen LogP contribution in [0.4, 0.5) is 5.82 Å². The largest absolute Gasteiger partial charge is 0.461 e. The second kappa shape index (κ2) is 4.41. The maximum absolute atomic E-state index is 12.0. The number of nitrogens with zero attached hydrogens (tertiary/aromatic N) is 3. The Kier molecular flexibility index (Phi) is 2.61. The quantitative estimate of drug-likeness (QED) is 0.776. The van der Waals surface area contributed by atoms with Crippen molar-refractivity contribution < 1.29 is 13.6 Å². The van der Waals surface area contributed by atoms with Crippen molar-refractivity contribution in [3.05, 3.63) is 36.7 Å². The average Bonchev–Trinajstić information content (AvgIpc) is 3.11. The number of carbonyl (C=O) groups is 1. The molecule has 0 fully saturated rings. The van der Waals surface area contributed by atoms with Crippen LogP contribution in [0.3, 0.4) is 0 Å². The molecular weight excluding hydrogens is 256 g/mol. The van der Waals surface area contributed by atoms with E-state index >= 15 is 0 Å². The molecule has 0 aliphatic heterocycles. The van der Waals surface area contributed by atoms with E-state index in [-0.39, 0.29) is 11.5 Å². The monoisotopic (exact) mass is 262 g/mol. The molecule has 0 aromatic carbocycles. The van der Waals surface area contributed by atoms with Gasteiger partial charge in [-0.1, -0.05) is 0 Å². The van der Waals surface area contributed by atoms with Crippen LogP contribution in [0.5, 0.6) is 0 Å². The molecule has 0 atom stereocenters. The Hall–Kier alpha value is -2.48. The van der Waals surface area contributed by atoms with E-state index < -0.39 is 5.91 Å². The molecule has 0 saturated carbocycles. The molecule has 8 heteroatoms. The van der Waals surface area contributed by atoms with Crippen LogP contribution in [0.15, 0.2) is 39.8 Å². The number of aromatic nitrogens is 3. The van der Waals surface area contributed by atoms with Gasteiger partial charge < -0.3 is 14.2 Å². The minimum atomic E-state index is -0.428. The molecule has 0 radical (unpaired) electrons. The van der Waals surface area contributed by atoms with E-state index in [0.717, 1.165) is 11.7 Å². The highest BCUT2D eigenvalue weighted by Crippen LogP contribution is 2.23. The van der Waals surface area contributed by atoms with Crippen LogP contribution in [0.25, 0.3) is 11.5 Å². The summed E-state index contributed by atoms with van der Waals surface area (Å²) in [5.74, 6) is 0.663. The fourth-order valence-corrected chi connectivity index (χ4v) is 1.76. The summed E-state index contributed by atoms with van der Waals surface area (Å²) in [6.07, 6.45) is 4.13. The standard InChI is InChI=1S/C10H6N4O3S/c15-10(13-7-4-12-18-14-7)8-9(17-5-11-8)6-2-1-3-16-6/h1-5H,(H,13,14,15). The number of hydrogen-bond donors (Lipinski definition) is 1. The highest BCUT2D eigenvalue weighted by molar-refractivity contribution is 6.99. The Morgan fingerprint density at radius 2 is 2.33 bits per heavy atom. The minimum absolute atomic E-state index is 0.137. The lowest BCUT2D eigenvalue weighted by Crippen LogP contribution is -2.13. The van der Waals surface area contributed by atoms with E-state index in [0.29, 0.717) is 11.6 Å². The van der Waals surface area contributed by atoms with Crippen LogP contribution in [-0.4, -0.2) is 19.6 Å². The number of oxazole rings is 1. The Bertz CT molecular complexity index is 645. The summed E-state index contributed by atoms with van der Waals surface area (Å²) in [5.41, 5.74) is 0.137. The molecule has 0 unspecified atom stereocenters. The number of carbonyl (C=O) groups excluding carboxylic acids is 1. The zero-order chi connectivity index (χ0) is 12.4. The lowest BCUT2D eigenvalue weighted by Gasteiger charge is -1.98. The third-order valence-corrected chi connectivity index (χ3v) is 2.61. The van der Waals surface area contributed by atoms with Gasteiger partial charge in [0.15, 0.2) is 23.7 Å². The molecule has 1 amide bonds. The van der Waals surface area contributed by atoms with Crippen molar-refractivity contribution in [3.63, 3.8) is 0 Å². The van der Waals surface area contributed by atoms with Crippen LogP contribution in [0.1, 0.15) is 10.5 Å². The van der Waals surface area contributed by atoms with Gasteiger partial charge >= 0.3 is 0 Å². The van der Waals surface area contributed by atoms with E-state index in [1.165, 1.54) is 18.9 Å². The second-order valence-corrected chi connectivity index (χ2v) is 3.81. The first-order valence-corrected chi connectivity index (χ1v) is 5.64. The first kappa shape index (κ1) is 10.7. The van der Waals surface area contributed by atoms with Crippen LogP contribution in [0, 0.1) is 0 Å². The maximum atomic E-state index is 12.0. The normalized spacial score (nSPS) is 10.4. The zero-order valence-electron chi connectivity index (χ0n) is 8.86. The van der Waals surface area contributed by atoms with Crippen LogP contribution < -0.4 is 5.32 Å². The van der Waals surface area contributed by atoms with Gasteiger partial charge in [0.05, 0.1) is 24.2 Å². The lowest BCUT2D eigenvalue weighted by atomic mass is 10.2. The summed E-state index contributed by atoms with van der Waals surface area (Å²) in [6, 6.07) is 3.38. The van der Waals surface area contributed by atoms with Crippen molar-refractivity contribution in [1.82, 2.24) is 13.7 Å². The molecule has 0 spiro atoms. The van der Waals surface area contributed by atoms with Crippen molar-refractivity contribution in [1.29, 1.82) is 0 Å². The lowest BCUT2D eigenvalue weighted by molar-refractivity contribution is 0.102. The highest BCUT2D eigenvalue weighted by atomic mass is 32.1. The Morgan fingerprint density at radius 3 is 3.06 bits per heavy atom. The summed E-state index contributed by atoms with van der Waals surface area (Å²) in [7, 11) is 0. The first-order chi connectivity index (χ1) is 8.84. The Labute approximate surface area is 105 Å². The van der Waals surface area contributed by atoms with Gasteiger partial charge in [-0.25, -0.2) is 4.98 Å². The number of amides is 1. The number of furan rings is 1. The molecule has 3 aromatic heterocycles. The molecule has 0 aliphatic rings. The molecule has 1 N–H and O–H groups in total. The molecule has 3 aromatic rings. The van der Waals surface area contributed by atoms with Crippen molar-refractivity contribution in [2.75, 3.05) is 5.32 Å². The van der Waals surface area contributed by atoms with Crippen molar-refractivity contribution in [2.45, 2.75) is 0 Å². The number of hydrogen-bond acceptors (Lipinski definition) is 7. The van der Waals surface area contributed by atoms with Crippen molar-refractivity contribution >= 4 is 23.5 Å². The molecule has 3 heterocycles. The van der Waals surface area contributed by atoms with E-state index in [1.807, 2.05) is 0 Å². The average molecular weight is 262 g/mol. The van der Waals surface area contributed by atoms with Gasteiger partial charge in [0.2, 0.25) is 5.76 Å². The van der Waals surface area contributed by atoms with Crippen molar-refractivity contribution in [2.24, 2.45) is 0 Å². The number of nitrogens with one attached hydrogen (secondary N) is 1. The molecule has 0 saturated heterocycles. The minimum Gasteiger partial charge on any atom is -0.461 e. The summed E-state index contributed by atoms with van der Waals surface area (Å²) in [4.78, 5) is 15.8. The zero-order valence-corrected chi connectivity index (χ0v) is 9.68. The number of anilines is 1. The Morgan fingerprint density at radius 1 is 1.39 bits per heavy atom. The summed E-state index contributed by atoms with van der Waals surface area (Å²) in [5, 5.41) is 2.56. The predicted octanol–water partition coefficient (Wildman–Crippen LogP) is 2.04. The molecule has 18 heavy (non-hydrogen) atoms. The first-order valence-electron chi connectivity index (χ1n) is 4.91. The van der Waals surface area contributed by atoms with Crippen LogP contribution in [-0.2, 0) is 0 Å². The van der Waals surface area contributed by atoms with Gasteiger partial charge in [0.25, 0.3) is 5.91 Å². The van der Waals surface area contributed by atoms with E-state index in [2.05, 4.69) is 19.0 Å². The van der Waals surface area contributed by atoms with Gasteiger partial charge in [-0.3, -0.25) is 4.79 Å². The van der Waals surface area contributed by atoms with Gasteiger partial charge in [-0.05, 0) is 12.1 Å². The Balaban J connectivity index is 1.89. The topological polar surface area (TPSA) is 94.1 Å². The summed E-state index contributed by atoms with van der Waals surface area (Å²) in [6.45, 7) is 0. The van der Waals surface area contributed by atoms with E-state index in [1.54, 1.807) is 12.1 Å². The van der Waals surface area contributed by atoms with Crippen molar-refractivity contribution in [3.8, 4) is 11.5 Å². The molecule has 90 valence electrons. The second-order valence-electron chi connectivity index (χ2n) is 3.25. The van der Waals surface area contributed by atoms with Crippen LogP contribution >= 0.6 is 11.7 Å². The third kappa shape index (κ3) is 1.89. The van der Waals surface area contributed by atoms with Gasteiger partial charge in [-0.15, -0.1) is 0 Å². The summed E-state index contributed by atoms with van der Waals surface area (Å²) < 4.78 is 18.0. The van der Waals surface area contributed by atoms with Gasteiger partial charge in [0.1, 0.15) is 0 Å². The maximum Gasteiger partial charge on any atom is 0.279 e. The molecule has 0 bridgehead atoms. The highest BCUT2D eigenvalue weighted by Gasteiger charge is 2.20. The van der Waals surface area contributed by atoms with Gasteiger partial charge in [-0.2, -0.15) is 8.75 Å². The predicted molar refractivity (Wildman–Crippen MR) is 62.1 cm³/mol. The fourth-order valence-electron chi connectivity index (χ4n) is 1.39. The molecule has 7 nitrogen and oxygen atoms in total. The molecule has 3 rings (SSSR count).